The molecule has 1 heterocycles. The third-order valence-corrected chi connectivity index (χ3v) is 5.72. The van der Waals surface area contributed by atoms with Crippen molar-refractivity contribution < 1.29 is 14.6 Å². The first-order valence-corrected chi connectivity index (χ1v) is 11.1. The number of aliphatic hydroxyl groups is 1. The molecule has 31 heavy (non-hydrogen) atoms. The van der Waals surface area contributed by atoms with Crippen LogP contribution in [0, 0.1) is 0 Å². The van der Waals surface area contributed by atoms with E-state index in [-0.39, 0.29) is 6.61 Å². The number of aromatic nitrogens is 1. The molecule has 8 heteroatoms. The summed E-state index contributed by atoms with van der Waals surface area (Å²) in [7, 11) is 0. The van der Waals surface area contributed by atoms with Crippen LogP contribution in [0.5, 0.6) is 0 Å². The molecule has 0 aliphatic heterocycles. The van der Waals surface area contributed by atoms with Crippen LogP contribution in [0.3, 0.4) is 0 Å². The van der Waals surface area contributed by atoms with E-state index in [9.17, 15) is 9.90 Å². The average Bonchev–Trinajstić information content (AvgIpc) is 3.33. The largest absolute Gasteiger partial charge is 0.443 e. The van der Waals surface area contributed by atoms with Gasteiger partial charge in [0.25, 0.3) is 0 Å². The molecule has 164 valence electrons. The summed E-state index contributed by atoms with van der Waals surface area (Å²) in [5.74, 6) is 0. The first-order chi connectivity index (χ1) is 15.1. The van der Waals surface area contributed by atoms with Gasteiger partial charge in [-0.2, -0.15) is 0 Å². The Balaban J connectivity index is 1.56. The first-order valence-electron chi connectivity index (χ1n) is 10.2. The van der Waals surface area contributed by atoms with E-state index in [4.69, 9.17) is 10.5 Å². The van der Waals surface area contributed by atoms with Crippen molar-refractivity contribution in [1.29, 1.82) is 0 Å². The Morgan fingerprint density at radius 2 is 1.84 bits per heavy atom. The van der Waals surface area contributed by atoms with Crippen molar-refractivity contribution in [2.45, 2.75) is 44.1 Å². The summed E-state index contributed by atoms with van der Waals surface area (Å²) in [6.45, 7) is 0.132. The number of hydrogen-bond acceptors (Lipinski definition) is 7. The maximum absolute atomic E-state index is 12.1. The standard InChI is InChI=1S/C23H28N4O3S/c24-21(18-11-5-2-6-12-18)22(20(28)13-7-10-17-8-3-1-4-9-17)26-27-23(29)30-15-19-14-25-16-31-19/h1-6,8-9,11-12,14,16,20-22,26,28H,7,10,13,15,24H2,(H,27,29). The lowest BCUT2D eigenvalue weighted by Gasteiger charge is -2.30. The monoisotopic (exact) mass is 440 g/mol. The molecule has 0 saturated carbocycles. The van der Waals surface area contributed by atoms with Crippen molar-refractivity contribution >= 4 is 17.4 Å². The summed E-state index contributed by atoms with van der Waals surface area (Å²) in [6, 6.07) is 18.5. The highest BCUT2D eigenvalue weighted by molar-refractivity contribution is 7.09. The molecule has 3 aromatic rings. The number of aliphatic hydroxyl groups excluding tert-OH is 1. The van der Waals surface area contributed by atoms with Gasteiger partial charge < -0.3 is 15.6 Å². The smallest absolute Gasteiger partial charge is 0.421 e. The molecule has 3 rings (SSSR count). The zero-order chi connectivity index (χ0) is 21.9. The maximum Gasteiger partial charge on any atom is 0.421 e. The minimum absolute atomic E-state index is 0.132. The van der Waals surface area contributed by atoms with Gasteiger partial charge in [0.1, 0.15) is 6.61 Å². The number of nitrogens with one attached hydrogen (secondary N) is 2. The fraction of sp³-hybridized carbons (Fsp3) is 0.304. The van der Waals surface area contributed by atoms with E-state index in [1.54, 1.807) is 11.7 Å². The van der Waals surface area contributed by atoms with Crippen LogP contribution in [0.2, 0.25) is 0 Å². The molecule has 3 unspecified atom stereocenters. The number of rotatable bonds is 11. The molecule has 2 aromatic carbocycles. The van der Waals surface area contributed by atoms with E-state index in [1.165, 1.54) is 16.9 Å². The Hall–Kier alpha value is -2.78. The Morgan fingerprint density at radius 3 is 2.52 bits per heavy atom. The van der Waals surface area contributed by atoms with Crippen LogP contribution in [-0.4, -0.2) is 28.3 Å². The zero-order valence-corrected chi connectivity index (χ0v) is 18.0. The van der Waals surface area contributed by atoms with Crippen LogP contribution in [-0.2, 0) is 17.8 Å². The van der Waals surface area contributed by atoms with Gasteiger partial charge in [0.15, 0.2) is 0 Å². The minimum atomic E-state index is -0.763. The molecular weight excluding hydrogens is 412 g/mol. The molecule has 0 aliphatic carbocycles. The second-order valence-corrected chi connectivity index (χ2v) is 8.19. The predicted octanol–water partition coefficient (Wildman–Crippen LogP) is 3.33. The van der Waals surface area contributed by atoms with Crippen molar-refractivity contribution in [3.8, 4) is 0 Å². The molecule has 0 bridgehead atoms. The van der Waals surface area contributed by atoms with Gasteiger partial charge >= 0.3 is 6.09 Å². The Labute approximate surface area is 186 Å². The molecule has 0 aliphatic rings. The van der Waals surface area contributed by atoms with Crippen LogP contribution < -0.4 is 16.6 Å². The van der Waals surface area contributed by atoms with Crippen LogP contribution in [0.1, 0.15) is 34.9 Å². The fourth-order valence-electron chi connectivity index (χ4n) is 3.28. The number of nitrogens with two attached hydrogens (primary N) is 1. The second-order valence-electron chi connectivity index (χ2n) is 7.22. The van der Waals surface area contributed by atoms with E-state index in [2.05, 4.69) is 28.0 Å². The molecular formula is C23H28N4O3S. The lowest BCUT2D eigenvalue weighted by molar-refractivity contribution is 0.0875. The predicted molar refractivity (Wildman–Crippen MR) is 121 cm³/mol. The SMILES string of the molecule is NC(c1ccccc1)C(NNC(=O)OCc1cncs1)C(O)CCCc1ccccc1. The molecule has 7 nitrogen and oxygen atoms in total. The Kier molecular flexibility index (Phi) is 8.99. The van der Waals surface area contributed by atoms with Crippen molar-refractivity contribution in [2.24, 2.45) is 5.73 Å². The number of aryl methyl sites for hydroxylation is 1. The molecule has 0 radical (unpaired) electrons. The molecule has 0 spiro atoms. The number of nitrogens with zero attached hydrogens (tertiary/aromatic N) is 1. The highest BCUT2D eigenvalue weighted by atomic mass is 32.1. The number of benzene rings is 2. The van der Waals surface area contributed by atoms with E-state index < -0.39 is 24.3 Å². The lowest BCUT2D eigenvalue weighted by Crippen LogP contribution is -2.54. The maximum atomic E-state index is 12.1. The summed E-state index contributed by atoms with van der Waals surface area (Å²) in [5, 5.41) is 10.9. The Morgan fingerprint density at radius 1 is 1.13 bits per heavy atom. The summed E-state index contributed by atoms with van der Waals surface area (Å²) in [6.07, 6.45) is 2.42. The van der Waals surface area contributed by atoms with Crippen molar-refractivity contribution in [1.82, 2.24) is 15.8 Å². The highest BCUT2D eigenvalue weighted by Crippen LogP contribution is 2.19. The van der Waals surface area contributed by atoms with Gasteiger partial charge in [0.2, 0.25) is 0 Å². The van der Waals surface area contributed by atoms with Gasteiger partial charge in [-0.05, 0) is 30.4 Å². The van der Waals surface area contributed by atoms with Gasteiger partial charge in [-0.15, -0.1) is 11.3 Å². The summed E-state index contributed by atoms with van der Waals surface area (Å²) < 4.78 is 5.18. The molecule has 1 amide bonds. The zero-order valence-electron chi connectivity index (χ0n) is 17.2. The number of carbonyl (C=O) groups is 1. The van der Waals surface area contributed by atoms with Crippen LogP contribution in [0.25, 0.3) is 0 Å². The minimum Gasteiger partial charge on any atom is -0.443 e. The van der Waals surface area contributed by atoms with Crippen molar-refractivity contribution in [3.63, 3.8) is 0 Å². The van der Waals surface area contributed by atoms with E-state index >= 15 is 0 Å². The second kappa shape index (κ2) is 12.2. The van der Waals surface area contributed by atoms with Crippen molar-refractivity contribution in [3.05, 3.63) is 88.4 Å². The highest BCUT2D eigenvalue weighted by Gasteiger charge is 2.27. The third kappa shape index (κ3) is 7.45. The molecule has 5 N–H and O–H groups in total. The third-order valence-electron chi connectivity index (χ3n) is 4.96. The van der Waals surface area contributed by atoms with Crippen LogP contribution in [0.4, 0.5) is 4.79 Å². The molecule has 0 saturated heterocycles. The number of carbonyl (C=O) groups excluding carboxylic acids is 1. The van der Waals surface area contributed by atoms with Gasteiger partial charge in [-0.1, -0.05) is 60.7 Å². The summed E-state index contributed by atoms with van der Waals surface area (Å²) in [5.41, 5.74) is 15.6. The van der Waals surface area contributed by atoms with Gasteiger partial charge in [0.05, 0.1) is 22.5 Å². The van der Waals surface area contributed by atoms with Gasteiger partial charge in [-0.3, -0.25) is 10.4 Å². The fourth-order valence-corrected chi connectivity index (χ4v) is 3.78. The number of hydrogen-bond donors (Lipinski definition) is 4. The lowest BCUT2D eigenvalue weighted by atomic mass is 9.93. The molecule has 0 fully saturated rings. The Bertz CT molecular complexity index is 894. The molecule has 3 atom stereocenters. The first kappa shape index (κ1) is 22.9. The topological polar surface area (TPSA) is 110 Å². The summed E-state index contributed by atoms with van der Waals surface area (Å²) in [4.78, 5) is 16.9. The number of ether oxygens (including phenoxy) is 1. The summed E-state index contributed by atoms with van der Waals surface area (Å²) >= 11 is 1.41. The normalized spacial score (nSPS) is 13.9. The number of amides is 1. The van der Waals surface area contributed by atoms with Crippen molar-refractivity contribution in [2.75, 3.05) is 0 Å². The van der Waals surface area contributed by atoms with Crippen LogP contribution in [0.15, 0.2) is 72.4 Å². The molecule has 1 aromatic heterocycles. The number of thiazole rings is 1. The quantitative estimate of drug-likeness (QED) is 0.341. The van der Waals surface area contributed by atoms with Gasteiger partial charge in [0, 0.05) is 12.2 Å². The van der Waals surface area contributed by atoms with E-state index in [1.807, 2.05) is 48.5 Å². The van der Waals surface area contributed by atoms with Crippen LogP contribution >= 0.6 is 11.3 Å². The van der Waals surface area contributed by atoms with Gasteiger partial charge in [-0.25, -0.2) is 10.2 Å². The average molecular weight is 441 g/mol. The number of hydrazine groups is 1. The van der Waals surface area contributed by atoms with E-state index in [0.29, 0.717) is 6.42 Å². The van der Waals surface area contributed by atoms with E-state index in [0.717, 1.165) is 23.3 Å².